The van der Waals surface area contributed by atoms with Crippen molar-refractivity contribution in [3.8, 4) is 0 Å². The Morgan fingerprint density at radius 2 is 2.19 bits per heavy atom. The maximum atomic E-state index is 11.5. The van der Waals surface area contributed by atoms with E-state index in [2.05, 4.69) is 17.1 Å². The number of esters is 1. The Morgan fingerprint density at radius 1 is 1.31 bits per heavy atom. The largest absolute Gasteiger partial charge is 0.465 e. The second-order valence-electron chi connectivity index (χ2n) is 5.31. The van der Waals surface area contributed by atoms with Gasteiger partial charge in [0, 0.05) is 19.6 Å². The number of fused-ring (bicyclic) bond motifs is 2. The first-order valence-corrected chi connectivity index (χ1v) is 6.37. The van der Waals surface area contributed by atoms with Crippen LogP contribution in [-0.2, 0) is 9.53 Å². The van der Waals surface area contributed by atoms with E-state index in [1.54, 1.807) is 0 Å². The van der Waals surface area contributed by atoms with Crippen molar-refractivity contribution in [1.29, 1.82) is 0 Å². The van der Waals surface area contributed by atoms with Crippen LogP contribution in [0.4, 0.5) is 0 Å². The first-order valence-electron chi connectivity index (χ1n) is 6.37. The molecule has 1 saturated carbocycles. The number of hydrogen-bond acceptors (Lipinski definition) is 3. The van der Waals surface area contributed by atoms with Crippen LogP contribution in [0, 0.1) is 17.8 Å². The lowest BCUT2D eigenvalue weighted by molar-refractivity contribution is -0.145. The van der Waals surface area contributed by atoms with Crippen molar-refractivity contribution in [3.63, 3.8) is 0 Å². The highest BCUT2D eigenvalue weighted by Gasteiger charge is 2.36. The molecule has 0 N–H and O–H groups in total. The van der Waals surface area contributed by atoms with Crippen molar-refractivity contribution < 1.29 is 9.53 Å². The Hall–Kier alpha value is -0.830. The van der Waals surface area contributed by atoms with Crippen LogP contribution in [0.2, 0.25) is 0 Å². The topological polar surface area (TPSA) is 29.3 Å². The van der Waals surface area contributed by atoms with Crippen LogP contribution >= 0.6 is 0 Å². The molecule has 16 heavy (non-hydrogen) atoms. The predicted molar refractivity (Wildman–Crippen MR) is 60.9 cm³/mol. The number of ether oxygens (including phenoxy) is 1. The smallest absolute Gasteiger partial charge is 0.307 e. The van der Waals surface area contributed by atoms with Gasteiger partial charge in [0.2, 0.25) is 0 Å². The highest BCUT2D eigenvalue weighted by Crippen LogP contribution is 2.43. The molecule has 3 nitrogen and oxygen atoms in total. The molecule has 2 bridgehead atoms. The zero-order valence-corrected chi connectivity index (χ0v) is 9.60. The fourth-order valence-corrected chi connectivity index (χ4v) is 2.90. The minimum atomic E-state index is -0.0151. The first-order chi connectivity index (χ1) is 7.81. The molecule has 0 amide bonds. The molecule has 1 heterocycles. The summed E-state index contributed by atoms with van der Waals surface area (Å²) in [6.07, 6.45) is 7.71. The fraction of sp³-hybridized carbons (Fsp3) is 0.769. The molecule has 1 saturated heterocycles. The second-order valence-corrected chi connectivity index (χ2v) is 5.31. The average Bonchev–Trinajstić information content (AvgIpc) is 2.89. The molecular weight excluding hydrogens is 202 g/mol. The van der Waals surface area contributed by atoms with Gasteiger partial charge < -0.3 is 9.64 Å². The van der Waals surface area contributed by atoms with E-state index in [-0.39, 0.29) is 5.97 Å². The van der Waals surface area contributed by atoms with Gasteiger partial charge in [-0.3, -0.25) is 4.79 Å². The lowest BCUT2D eigenvalue weighted by atomic mass is 9.95. The minimum Gasteiger partial charge on any atom is -0.465 e. The van der Waals surface area contributed by atoms with Crippen molar-refractivity contribution >= 4 is 5.97 Å². The van der Waals surface area contributed by atoms with E-state index in [1.165, 1.54) is 12.8 Å². The summed E-state index contributed by atoms with van der Waals surface area (Å²) in [7, 11) is 0. The van der Waals surface area contributed by atoms with Crippen LogP contribution in [0.1, 0.15) is 19.3 Å². The molecule has 3 heteroatoms. The van der Waals surface area contributed by atoms with Gasteiger partial charge in [-0.05, 0) is 30.6 Å². The van der Waals surface area contributed by atoms with Crippen molar-refractivity contribution in [2.45, 2.75) is 19.3 Å². The second kappa shape index (κ2) is 4.21. The standard InChI is InChI=1S/C13H19NO2/c15-13(3-4-14-5-6-14)16-9-12-8-10-1-2-11(12)7-10/h1-2,10-12H,3-9H2/t10-,11-,12-/m0/s1. The Morgan fingerprint density at radius 3 is 2.81 bits per heavy atom. The Labute approximate surface area is 96.4 Å². The molecule has 0 radical (unpaired) electrons. The van der Waals surface area contributed by atoms with Crippen molar-refractivity contribution in [2.75, 3.05) is 26.2 Å². The Bertz CT molecular complexity index is 309. The quantitative estimate of drug-likeness (QED) is 0.400. The molecule has 2 aliphatic carbocycles. The summed E-state index contributed by atoms with van der Waals surface area (Å²) in [5.74, 6) is 2.04. The van der Waals surface area contributed by atoms with Gasteiger partial charge in [-0.25, -0.2) is 0 Å². The van der Waals surface area contributed by atoms with E-state index in [4.69, 9.17) is 4.74 Å². The number of carbonyl (C=O) groups is 1. The van der Waals surface area contributed by atoms with Crippen molar-refractivity contribution in [3.05, 3.63) is 12.2 Å². The minimum absolute atomic E-state index is 0.0151. The lowest BCUT2D eigenvalue weighted by Crippen LogP contribution is -2.19. The third-order valence-corrected chi connectivity index (χ3v) is 4.05. The monoisotopic (exact) mass is 221 g/mol. The van der Waals surface area contributed by atoms with Crippen LogP contribution in [0.3, 0.4) is 0 Å². The summed E-state index contributed by atoms with van der Waals surface area (Å²) in [5, 5.41) is 0. The zero-order valence-electron chi connectivity index (χ0n) is 9.60. The van der Waals surface area contributed by atoms with Crippen LogP contribution in [0.5, 0.6) is 0 Å². The van der Waals surface area contributed by atoms with Crippen molar-refractivity contribution in [2.24, 2.45) is 17.8 Å². The molecule has 0 aromatic rings. The Balaban J connectivity index is 1.36. The summed E-state index contributed by atoms with van der Waals surface area (Å²) in [4.78, 5) is 13.7. The third-order valence-electron chi connectivity index (χ3n) is 4.05. The summed E-state index contributed by atoms with van der Waals surface area (Å²) < 4.78 is 5.36. The van der Waals surface area contributed by atoms with Gasteiger partial charge in [0.25, 0.3) is 0 Å². The molecule has 0 aromatic carbocycles. The maximum absolute atomic E-state index is 11.5. The maximum Gasteiger partial charge on any atom is 0.307 e. The molecule has 1 aliphatic heterocycles. The summed E-state index contributed by atoms with van der Waals surface area (Å²) in [5.41, 5.74) is 0. The lowest BCUT2D eigenvalue weighted by Gasteiger charge is -2.17. The van der Waals surface area contributed by atoms with Gasteiger partial charge in [0.1, 0.15) is 0 Å². The van der Waals surface area contributed by atoms with Gasteiger partial charge in [-0.15, -0.1) is 0 Å². The van der Waals surface area contributed by atoms with E-state index < -0.39 is 0 Å². The van der Waals surface area contributed by atoms with E-state index in [0.29, 0.717) is 24.9 Å². The molecule has 3 aliphatic rings. The van der Waals surface area contributed by atoms with Gasteiger partial charge in [-0.1, -0.05) is 12.2 Å². The van der Waals surface area contributed by atoms with Crippen molar-refractivity contribution in [1.82, 2.24) is 4.90 Å². The van der Waals surface area contributed by atoms with Crippen LogP contribution < -0.4 is 0 Å². The van der Waals surface area contributed by atoms with E-state index >= 15 is 0 Å². The van der Waals surface area contributed by atoms with Gasteiger partial charge in [0.05, 0.1) is 13.0 Å². The highest BCUT2D eigenvalue weighted by atomic mass is 16.5. The number of nitrogens with zero attached hydrogens (tertiary/aromatic N) is 1. The Kier molecular flexibility index (Phi) is 2.72. The van der Waals surface area contributed by atoms with E-state index in [9.17, 15) is 4.79 Å². The average molecular weight is 221 g/mol. The third kappa shape index (κ3) is 2.29. The SMILES string of the molecule is O=C(CCN1CC1)OC[C@@H]1C[C@H]2C=C[C@H]1C2. The normalized spacial score (nSPS) is 35.6. The van der Waals surface area contributed by atoms with Gasteiger partial charge in [0.15, 0.2) is 0 Å². The summed E-state index contributed by atoms with van der Waals surface area (Å²) in [6, 6.07) is 0. The fourth-order valence-electron chi connectivity index (χ4n) is 2.90. The summed E-state index contributed by atoms with van der Waals surface area (Å²) >= 11 is 0. The number of allylic oxidation sites excluding steroid dienone is 2. The van der Waals surface area contributed by atoms with Crippen LogP contribution in [0.15, 0.2) is 12.2 Å². The van der Waals surface area contributed by atoms with E-state index in [1.807, 2.05) is 0 Å². The predicted octanol–water partition coefficient (Wildman–Crippen LogP) is 1.45. The van der Waals surface area contributed by atoms with Crippen LogP contribution in [0.25, 0.3) is 0 Å². The highest BCUT2D eigenvalue weighted by molar-refractivity contribution is 5.69. The molecule has 0 aromatic heterocycles. The molecule has 0 unspecified atom stereocenters. The van der Waals surface area contributed by atoms with E-state index in [0.717, 1.165) is 25.6 Å². The van der Waals surface area contributed by atoms with Gasteiger partial charge in [-0.2, -0.15) is 0 Å². The number of hydrogen-bond donors (Lipinski definition) is 0. The van der Waals surface area contributed by atoms with Gasteiger partial charge >= 0.3 is 5.97 Å². The molecule has 2 fully saturated rings. The molecule has 0 spiro atoms. The molecule has 3 atom stereocenters. The zero-order chi connectivity index (χ0) is 11.0. The molecule has 3 rings (SSSR count). The summed E-state index contributed by atoms with van der Waals surface area (Å²) in [6.45, 7) is 3.84. The number of carbonyl (C=O) groups excluding carboxylic acids is 1. The molecule has 88 valence electrons. The number of rotatable bonds is 5. The molecular formula is C13H19NO2. The first kappa shape index (κ1) is 10.3. The van der Waals surface area contributed by atoms with Crippen LogP contribution in [-0.4, -0.2) is 37.1 Å².